The second-order valence-corrected chi connectivity index (χ2v) is 8.58. The summed E-state index contributed by atoms with van der Waals surface area (Å²) >= 11 is 1.64. The van der Waals surface area contributed by atoms with Crippen molar-refractivity contribution in [2.45, 2.75) is 58.1 Å². The molecule has 0 radical (unpaired) electrons. The molecule has 2 aliphatic rings. The average molecular weight is 329 g/mol. The van der Waals surface area contributed by atoms with Gasteiger partial charge in [0.25, 0.3) is 0 Å². The van der Waals surface area contributed by atoms with Crippen molar-refractivity contribution >= 4 is 23.8 Å². The number of carbonyl (C=O) groups is 2. The van der Waals surface area contributed by atoms with Crippen LogP contribution in [0.4, 0.5) is 4.79 Å². The fourth-order valence-corrected chi connectivity index (χ4v) is 4.85. The summed E-state index contributed by atoms with van der Waals surface area (Å²) in [5.41, 5.74) is -0.622. The average Bonchev–Trinajstić information content (AvgIpc) is 2.97. The number of fused-ring (bicyclic) bond motifs is 2. The summed E-state index contributed by atoms with van der Waals surface area (Å²) in [5, 5.41) is 11.7. The second-order valence-electron chi connectivity index (χ2n) is 7.51. The van der Waals surface area contributed by atoms with E-state index in [2.05, 4.69) is 5.32 Å². The Hall–Kier alpha value is -0.910. The van der Waals surface area contributed by atoms with Crippen molar-refractivity contribution in [2.24, 2.45) is 17.8 Å². The Morgan fingerprint density at radius 2 is 2.05 bits per heavy atom. The Kier molecular flexibility index (Phi) is 5.64. The number of nitrogens with one attached hydrogen (secondary N) is 1. The lowest BCUT2D eigenvalue weighted by Crippen LogP contribution is -2.45. The number of carbonyl (C=O) groups excluding carboxylic acids is 1. The van der Waals surface area contributed by atoms with Gasteiger partial charge in [0.1, 0.15) is 11.6 Å². The topological polar surface area (TPSA) is 75.6 Å². The lowest BCUT2D eigenvalue weighted by atomic mass is 9.90. The van der Waals surface area contributed by atoms with Gasteiger partial charge in [-0.2, -0.15) is 11.8 Å². The molecule has 2 bridgehead atoms. The first-order valence-corrected chi connectivity index (χ1v) is 9.20. The number of hydrogen-bond donors (Lipinski definition) is 2. The van der Waals surface area contributed by atoms with Crippen molar-refractivity contribution in [1.29, 1.82) is 0 Å². The van der Waals surface area contributed by atoms with Crippen molar-refractivity contribution in [3.63, 3.8) is 0 Å². The van der Waals surface area contributed by atoms with Gasteiger partial charge in [0.05, 0.1) is 0 Å². The van der Waals surface area contributed by atoms with Crippen molar-refractivity contribution in [1.82, 2.24) is 5.32 Å². The van der Waals surface area contributed by atoms with E-state index in [0.29, 0.717) is 5.75 Å². The highest BCUT2D eigenvalue weighted by atomic mass is 32.2. The van der Waals surface area contributed by atoms with Crippen LogP contribution in [0.2, 0.25) is 0 Å². The Morgan fingerprint density at radius 1 is 1.32 bits per heavy atom. The molecule has 0 heterocycles. The number of aliphatic carboxylic acids is 1. The smallest absolute Gasteiger partial charge is 0.408 e. The van der Waals surface area contributed by atoms with Crippen molar-refractivity contribution in [2.75, 3.05) is 11.5 Å². The van der Waals surface area contributed by atoms with E-state index >= 15 is 0 Å². The molecule has 2 fully saturated rings. The molecule has 0 aromatic heterocycles. The van der Waals surface area contributed by atoms with E-state index in [1.807, 2.05) is 0 Å². The highest BCUT2D eigenvalue weighted by Crippen LogP contribution is 2.49. The Bertz CT molecular complexity index is 421. The lowest BCUT2D eigenvalue weighted by Gasteiger charge is -2.23. The summed E-state index contributed by atoms with van der Waals surface area (Å²) in [6, 6.07) is -0.890. The van der Waals surface area contributed by atoms with Crippen LogP contribution < -0.4 is 5.32 Å². The highest BCUT2D eigenvalue weighted by molar-refractivity contribution is 7.99. The molecule has 0 aromatic carbocycles. The minimum absolute atomic E-state index is 0.391. The molecule has 126 valence electrons. The molecule has 2 saturated carbocycles. The minimum atomic E-state index is -1.01. The van der Waals surface area contributed by atoms with E-state index in [4.69, 9.17) is 4.74 Å². The number of ether oxygens (including phenoxy) is 1. The van der Waals surface area contributed by atoms with E-state index in [-0.39, 0.29) is 0 Å². The maximum absolute atomic E-state index is 11.7. The molecule has 2 aliphatic carbocycles. The van der Waals surface area contributed by atoms with Gasteiger partial charge in [-0.25, -0.2) is 9.59 Å². The molecule has 6 heteroatoms. The number of amides is 1. The predicted octanol–water partition coefficient (Wildman–Crippen LogP) is 3.13. The fraction of sp³-hybridized carbons (Fsp3) is 0.875. The third-order valence-corrected chi connectivity index (χ3v) is 5.72. The molecule has 22 heavy (non-hydrogen) atoms. The molecular formula is C16H27NO4S. The molecule has 0 saturated heterocycles. The zero-order valence-corrected chi connectivity index (χ0v) is 14.4. The Morgan fingerprint density at radius 3 is 2.55 bits per heavy atom. The molecular weight excluding hydrogens is 302 g/mol. The highest BCUT2D eigenvalue weighted by Gasteiger charge is 2.39. The normalized spacial score (nSPS) is 28.4. The molecule has 4 unspecified atom stereocenters. The molecule has 1 amide bonds. The number of hydrogen-bond acceptors (Lipinski definition) is 4. The summed E-state index contributed by atoms with van der Waals surface area (Å²) < 4.78 is 5.12. The van der Waals surface area contributed by atoms with Crippen LogP contribution in [0.3, 0.4) is 0 Å². The first-order valence-electron chi connectivity index (χ1n) is 8.04. The zero-order valence-electron chi connectivity index (χ0n) is 13.6. The number of carboxylic acids is 1. The predicted molar refractivity (Wildman–Crippen MR) is 87.1 cm³/mol. The summed E-state index contributed by atoms with van der Waals surface area (Å²) in [4.78, 5) is 23.0. The summed E-state index contributed by atoms with van der Waals surface area (Å²) in [5.74, 6) is 2.88. The first-order chi connectivity index (χ1) is 10.2. The molecule has 0 aliphatic heterocycles. The maximum atomic E-state index is 11.7. The quantitative estimate of drug-likeness (QED) is 0.783. The summed E-state index contributed by atoms with van der Waals surface area (Å²) in [6.07, 6.45) is 4.72. The van der Waals surface area contributed by atoms with Gasteiger partial charge in [-0.05, 0) is 63.5 Å². The number of thioether (sulfide) groups is 1. The first kappa shape index (κ1) is 17.4. The fourth-order valence-electron chi connectivity index (χ4n) is 3.54. The van der Waals surface area contributed by atoms with E-state index in [1.54, 1.807) is 32.5 Å². The number of rotatable bonds is 6. The zero-order chi connectivity index (χ0) is 16.3. The number of alkyl carbamates (subject to hydrolysis) is 1. The van der Waals surface area contributed by atoms with Crippen LogP contribution in [-0.2, 0) is 9.53 Å². The third kappa shape index (κ3) is 5.07. The molecule has 0 spiro atoms. The molecule has 2 N–H and O–H groups in total. The van der Waals surface area contributed by atoms with E-state index < -0.39 is 23.7 Å². The second kappa shape index (κ2) is 7.11. The van der Waals surface area contributed by atoms with Crippen molar-refractivity contribution in [3.05, 3.63) is 0 Å². The minimum Gasteiger partial charge on any atom is -0.480 e. The lowest BCUT2D eigenvalue weighted by molar-refractivity contribution is -0.138. The van der Waals surface area contributed by atoms with Gasteiger partial charge in [0, 0.05) is 5.75 Å². The molecule has 2 rings (SSSR count). The summed E-state index contributed by atoms with van der Waals surface area (Å²) in [6.45, 7) is 5.27. The van der Waals surface area contributed by atoms with Gasteiger partial charge < -0.3 is 15.2 Å². The molecule has 0 aromatic rings. The van der Waals surface area contributed by atoms with Gasteiger partial charge >= 0.3 is 12.1 Å². The largest absolute Gasteiger partial charge is 0.480 e. The van der Waals surface area contributed by atoms with Gasteiger partial charge in [-0.3, -0.25) is 0 Å². The van der Waals surface area contributed by atoms with Crippen LogP contribution in [0.1, 0.15) is 46.5 Å². The number of carboxylic acid groups (broad SMARTS) is 1. The summed E-state index contributed by atoms with van der Waals surface area (Å²) in [7, 11) is 0. The van der Waals surface area contributed by atoms with E-state index in [9.17, 15) is 14.7 Å². The van der Waals surface area contributed by atoms with Gasteiger partial charge in [0.15, 0.2) is 0 Å². The maximum Gasteiger partial charge on any atom is 0.408 e. The van der Waals surface area contributed by atoms with E-state index in [1.165, 1.54) is 25.7 Å². The van der Waals surface area contributed by atoms with Crippen LogP contribution in [0, 0.1) is 17.8 Å². The van der Waals surface area contributed by atoms with Crippen LogP contribution in [-0.4, -0.2) is 40.3 Å². The molecule has 5 nitrogen and oxygen atoms in total. The standard InChI is InChI=1S/C16H27NO4S/c1-16(2,3)21-15(20)17-13(14(18)19)9-22-8-12-7-10-4-5-11(12)6-10/h10-13H,4-9H2,1-3H3,(H,17,20)(H,18,19). The van der Waals surface area contributed by atoms with Crippen LogP contribution in [0.15, 0.2) is 0 Å². The molecule has 4 atom stereocenters. The monoisotopic (exact) mass is 329 g/mol. The van der Waals surface area contributed by atoms with Gasteiger partial charge in [-0.15, -0.1) is 0 Å². The van der Waals surface area contributed by atoms with Gasteiger partial charge in [-0.1, -0.05) is 6.42 Å². The Balaban J connectivity index is 1.72. The van der Waals surface area contributed by atoms with Crippen molar-refractivity contribution < 1.29 is 19.4 Å². The van der Waals surface area contributed by atoms with E-state index in [0.717, 1.165) is 23.5 Å². The van der Waals surface area contributed by atoms with Crippen LogP contribution in [0.5, 0.6) is 0 Å². The van der Waals surface area contributed by atoms with Crippen LogP contribution >= 0.6 is 11.8 Å². The van der Waals surface area contributed by atoms with Crippen LogP contribution in [0.25, 0.3) is 0 Å². The SMILES string of the molecule is CC(C)(C)OC(=O)NC(CSCC1CC2CCC1C2)C(=O)O. The van der Waals surface area contributed by atoms with Gasteiger partial charge in [0.2, 0.25) is 0 Å². The third-order valence-electron chi connectivity index (χ3n) is 4.49. The van der Waals surface area contributed by atoms with Crippen molar-refractivity contribution in [3.8, 4) is 0 Å². The Labute approximate surface area is 136 Å².